The fraction of sp³-hybridized carbons (Fsp3) is 0.111. The third kappa shape index (κ3) is 1.52. The van der Waals surface area contributed by atoms with E-state index < -0.39 is 0 Å². The molecule has 0 unspecified atom stereocenters. The van der Waals surface area contributed by atoms with Gasteiger partial charge in [0.1, 0.15) is 11.5 Å². The summed E-state index contributed by atoms with van der Waals surface area (Å²) < 4.78 is 4.99. The number of aliphatic hydroxyl groups excluding tert-OH is 1. The van der Waals surface area contributed by atoms with E-state index in [9.17, 15) is 0 Å². The first-order valence-electron chi connectivity index (χ1n) is 3.27. The van der Waals surface area contributed by atoms with Gasteiger partial charge in [0.2, 0.25) is 0 Å². The Labute approximate surface area is 65.7 Å². The normalized spacial score (nSPS) is 9.18. The number of para-hydroxylation sites is 1. The van der Waals surface area contributed by atoms with E-state index in [1.807, 2.05) is 12.1 Å². The van der Waals surface area contributed by atoms with Gasteiger partial charge in [0, 0.05) is 0 Å². The maximum atomic E-state index is 9.06. The SMILES string of the molecule is C=C(O)c1ccccc1OC. The van der Waals surface area contributed by atoms with Crippen LogP contribution in [0.2, 0.25) is 0 Å². The van der Waals surface area contributed by atoms with Crippen LogP contribution in [0.25, 0.3) is 5.76 Å². The number of rotatable bonds is 2. The molecular formula is C9H10O2. The van der Waals surface area contributed by atoms with Crippen LogP contribution in [0.15, 0.2) is 30.8 Å². The van der Waals surface area contributed by atoms with E-state index in [0.29, 0.717) is 11.3 Å². The van der Waals surface area contributed by atoms with Gasteiger partial charge in [-0.3, -0.25) is 0 Å². The Morgan fingerprint density at radius 1 is 1.45 bits per heavy atom. The molecule has 1 rings (SSSR count). The topological polar surface area (TPSA) is 29.5 Å². The Bertz CT molecular complexity index is 266. The lowest BCUT2D eigenvalue weighted by atomic mass is 10.2. The number of hydrogen-bond donors (Lipinski definition) is 1. The van der Waals surface area contributed by atoms with E-state index in [2.05, 4.69) is 6.58 Å². The lowest BCUT2D eigenvalue weighted by Crippen LogP contribution is -1.88. The molecule has 1 N–H and O–H groups in total. The molecule has 0 radical (unpaired) electrons. The predicted octanol–water partition coefficient (Wildman–Crippen LogP) is 2.22. The van der Waals surface area contributed by atoms with Gasteiger partial charge in [0.05, 0.1) is 12.7 Å². The van der Waals surface area contributed by atoms with E-state index in [0.717, 1.165) is 0 Å². The zero-order chi connectivity index (χ0) is 8.27. The van der Waals surface area contributed by atoms with Gasteiger partial charge >= 0.3 is 0 Å². The van der Waals surface area contributed by atoms with Crippen LogP contribution in [0, 0.1) is 0 Å². The first-order chi connectivity index (χ1) is 5.25. The van der Waals surface area contributed by atoms with Gasteiger partial charge in [-0.2, -0.15) is 0 Å². The quantitative estimate of drug-likeness (QED) is 0.655. The Morgan fingerprint density at radius 3 is 2.55 bits per heavy atom. The molecule has 0 fully saturated rings. The van der Waals surface area contributed by atoms with E-state index in [-0.39, 0.29) is 5.76 Å². The standard InChI is InChI=1S/C9H10O2/c1-7(10)8-5-3-4-6-9(8)11-2/h3-6,10H,1H2,2H3. The van der Waals surface area contributed by atoms with Gasteiger partial charge < -0.3 is 9.84 Å². The van der Waals surface area contributed by atoms with E-state index in [4.69, 9.17) is 9.84 Å². The van der Waals surface area contributed by atoms with Gasteiger partial charge in [-0.15, -0.1) is 0 Å². The molecule has 1 aromatic rings. The van der Waals surface area contributed by atoms with Crippen molar-refractivity contribution in [2.75, 3.05) is 7.11 Å². The molecule has 0 atom stereocenters. The van der Waals surface area contributed by atoms with Gasteiger partial charge in [-0.25, -0.2) is 0 Å². The van der Waals surface area contributed by atoms with Crippen LogP contribution in [-0.4, -0.2) is 12.2 Å². The summed E-state index contributed by atoms with van der Waals surface area (Å²) in [5, 5.41) is 9.06. The molecule has 0 saturated carbocycles. The van der Waals surface area contributed by atoms with Crippen molar-refractivity contribution >= 4 is 5.76 Å². The number of aliphatic hydroxyl groups is 1. The number of ether oxygens (including phenoxy) is 1. The zero-order valence-corrected chi connectivity index (χ0v) is 6.37. The monoisotopic (exact) mass is 150 g/mol. The summed E-state index contributed by atoms with van der Waals surface area (Å²) in [5.41, 5.74) is 0.634. The van der Waals surface area contributed by atoms with Crippen molar-refractivity contribution in [1.29, 1.82) is 0 Å². The third-order valence-electron chi connectivity index (χ3n) is 1.42. The fourth-order valence-corrected chi connectivity index (χ4v) is 0.883. The second kappa shape index (κ2) is 3.10. The number of hydrogen-bond acceptors (Lipinski definition) is 2. The minimum Gasteiger partial charge on any atom is -0.508 e. The van der Waals surface area contributed by atoms with E-state index >= 15 is 0 Å². The van der Waals surface area contributed by atoms with Crippen molar-refractivity contribution < 1.29 is 9.84 Å². The van der Waals surface area contributed by atoms with Crippen LogP contribution >= 0.6 is 0 Å². The van der Waals surface area contributed by atoms with Crippen LogP contribution in [0.4, 0.5) is 0 Å². The lowest BCUT2D eigenvalue weighted by molar-refractivity contribution is 0.408. The number of methoxy groups -OCH3 is 1. The highest BCUT2D eigenvalue weighted by molar-refractivity contribution is 5.62. The molecule has 0 bridgehead atoms. The maximum absolute atomic E-state index is 9.06. The largest absolute Gasteiger partial charge is 0.508 e. The van der Waals surface area contributed by atoms with Crippen molar-refractivity contribution in [1.82, 2.24) is 0 Å². The summed E-state index contributed by atoms with van der Waals surface area (Å²) in [6, 6.07) is 7.18. The van der Waals surface area contributed by atoms with Crippen LogP contribution < -0.4 is 4.74 Å². The summed E-state index contributed by atoms with van der Waals surface area (Å²) >= 11 is 0. The molecule has 0 spiro atoms. The Kier molecular flexibility index (Phi) is 2.16. The summed E-state index contributed by atoms with van der Waals surface area (Å²) in [6.07, 6.45) is 0. The molecular weight excluding hydrogens is 140 g/mol. The molecule has 0 aliphatic rings. The average molecular weight is 150 g/mol. The first-order valence-corrected chi connectivity index (χ1v) is 3.27. The van der Waals surface area contributed by atoms with Gasteiger partial charge in [0.15, 0.2) is 0 Å². The highest BCUT2D eigenvalue weighted by Gasteiger charge is 2.01. The predicted molar refractivity (Wildman–Crippen MR) is 44.7 cm³/mol. The average Bonchev–Trinajstić information content (AvgIpc) is 2.04. The summed E-state index contributed by atoms with van der Waals surface area (Å²) in [4.78, 5) is 0. The number of benzene rings is 1. The second-order valence-corrected chi connectivity index (χ2v) is 2.15. The van der Waals surface area contributed by atoms with E-state index in [1.54, 1.807) is 19.2 Å². The van der Waals surface area contributed by atoms with Crippen LogP contribution in [0.5, 0.6) is 5.75 Å². The summed E-state index contributed by atoms with van der Waals surface area (Å²) in [7, 11) is 1.56. The van der Waals surface area contributed by atoms with Crippen molar-refractivity contribution in [3.05, 3.63) is 36.4 Å². The van der Waals surface area contributed by atoms with Gasteiger partial charge in [-0.05, 0) is 12.1 Å². The Balaban J connectivity index is 3.12. The Morgan fingerprint density at radius 2 is 2.09 bits per heavy atom. The molecule has 0 saturated heterocycles. The highest BCUT2D eigenvalue weighted by Crippen LogP contribution is 2.21. The summed E-state index contributed by atoms with van der Waals surface area (Å²) in [5.74, 6) is 0.669. The molecule has 0 amide bonds. The molecule has 2 heteroatoms. The van der Waals surface area contributed by atoms with Crippen LogP contribution in [0.3, 0.4) is 0 Å². The molecule has 0 aliphatic carbocycles. The minimum atomic E-state index is 0.0300. The lowest BCUT2D eigenvalue weighted by Gasteiger charge is -2.04. The molecule has 2 nitrogen and oxygen atoms in total. The first kappa shape index (κ1) is 7.66. The van der Waals surface area contributed by atoms with Crippen molar-refractivity contribution in [2.24, 2.45) is 0 Å². The van der Waals surface area contributed by atoms with Crippen LogP contribution in [0.1, 0.15) is 5.56 Å². The molecule has 11 heavy (non-hydrogen) atoms. The summed E-state index contributed by atoms with van der Waals surface area (Å²) in [6.45, 7) is 3.41. The highest BCUT2D eigenvalue weighted by atomic mass is 16.5. The molecule has 1 aromatic carbocycles. The zero-order valence-electron chi connectivity index (χ0n) is 6.37. The molecule has 0 aliphatic heterocycles. The maximum Gasteiger partial charge on any atom is 0.129 e. The van der Waals surface area contributed by atoms with E-state index in [1.165, 1.54) is 0 Å². The van der Waals surface area contributed by atoms with Crippen LogP contribution in [-0.2, 0) is 0 Å². The second-order valence-electron chi connectivity index (χ2n) is 2.15. The van der Waals surface area contributed by atoms with Crippen molar-refractivity contribution in [3.63, 3.8) is 0 Å². The molecule has 58 valence electrons. The van der Waals surface area contributed by atoms with Gasteiger partial charge in [-0.1, -0.05) is 18.7 Å². The van der Waals surface area contributed by atoms with Crippen molar-refractivity contribution in [2.45, 2.75) is 0 Å². The molecule has 0 heterocycles. The van der Waals surface area contributed by atoms with Crippen molar-refractivity contribution in [3.8, 4) is 5.75 Å². The minimum absolute atomic E-state index is 0.0300. The Hall–Kier alpha value is -1.44. The molecule has 0 aromatic heterocycles. The van der Waals surface area contributed by atoms with Gasteiger partial charge in [0.25, 0.3) is 0 Å². The fourth-order valence-electron chi connectivity index (χ4n) is 0.883. The smallest absolute Gasteiger partial charge is 0.129 e. The third-order valence-corrected chi connectivity index (χ3v) is 1.42.